The van der Waals surface area contributed by atoms with Crippen LogP contribution in [-0.2, 0) is 13.1 Å². The van der Waals surface area contributed by atoms with Crippen molar-refractivity contribution in [2.24, 2.45) is 5.41 Å². The topological polar surface area (TPSA) is 24.3 Å². The molecular formula is C20H34N4. The summed E-state index contributed by atoms with van der Waals surface area (Å²) >= 11 is 0. The first-order chi connectivity index (χ1) is 11.5. The standard InChI is InChI=1S/C20H34N4/c1-19(2,3)24-11-8-20(9-12-24)6-4-17(5-7-20)23-15-14-22-13-10-21-18(22)16-23/h10,13,17H,4-9,11-12,14-16H2,1-3H3. The van der Waals surface area contributed by atoms with E-state index in [-0.39, 0.29) is 0 Å². The van der Waals surface area contributed by atoms with Crippen LogP contribution < -0.4 is 0 Å². The van der Waals surface area contributed by atoms with Gasteiger partial charge in [0.2, 0.25) is 0 Å². The molecule has 4 heteroatoms. The molecule has 0 amide bonds. The van der Waals surface area contributed by atoms with Crippen molar-refractivity contribution >= 4 is 0 Å². The molecule has 0 unspecified atom stereocenters. The Hall–Kier alpha value is -0.870. The molecule has 4 rings (SSSR count). The first-order valence-electron chi connectivity index (χ1n) is 9.94. The molecule has 1 saturated heterocycles. The molecule has 3 heterocycles. The molecule has 0 atom stereocenters. The molecule has 3 aliphatic rings. The van der Waals surface area contributed by atoms with E-state index in [9.17, 15) is 0 Å². The number of piperidine rings is 1. The maximum absolute atomic E-state index is 4.53. The van der Waals surface area contributed by atoms with Crippen molar-refractivity contribution < 1.29 is 0 Å². The van der Waals surface area contributed by atoms with Crippen LogP contribution in [0, 0.1) is 5.41 Å². The van der Waals surface area contributed by atoms with Gasteiger partial charge in [-0.15, -0.1) is 0 Å². The van der Waals surface area contributed by atoms with Crippen LogP contribution in [0.2, 0.25) is 0 Å². The Balaban J connectivity index is 1.32. The van der Waals surface area contributed by atoms with E-state index < -0.39 is 0 Å². The zero-order valence-electron chi connectivity index (χ0n) is 15.8. The van der Waals surface area contributed by atoms with Crippen molar-refractivity contribution in [3.05, 3.63) is 18.2 Å². The van der Waals surface area contributed by atoms with Crippen LogP contribution >= 0.6 is 0 Å². The van der Waals surface area contributed by atoms with E-state index in [4.69, 9.17) is 0 Å². The Morgan fingerprint density at radius 1 is 1.00 bits per heavy atom. The molecule has 0 bridgehead atoms. The summed E-state index contributed by atoms with van der Waals surface area (Å²) in [6.45, 7) is 13.1. The minimum Gasteiger partial charge on any atom is -0.333 e. The van der Waals surface area contributed by atoms with Gasteiger partial charge in [-0.05, 0) is 77.8 Å². The van der Waals surface area contributed by atoms with Gasteiger partial charge in [-0.2, -0.15) is 0 Å². The Morgan fingerprint density at radius 2 is 1.71 bits per heavy atom. The van der Waals surface area contributed by atoms with E-state index in [1.54, 1.807) is 0 Å². The minimum atomic E-state index is 0.342. The van der Waals surface area contributed by atoms with Gasteiger partial charge in [0.15, 0.2) is 0 Å². The number of nitrogens with zero attached hydrogens (tertiary/aromatic N) is 4. The summed E-state index contributed by atoms with van der Waals surface area (Å²) in [5.74, 6) is 1.26. The largest absolute Gasteiger partial charge is 0.333 e. The molecule has 134 valence electrons. The first-order valence-corrected chi connectivity index (χ1v) is 9.94. The second-order valence-corrected chi connectivity index (χ2v) is 9.40. The van der Waals surface area contributed by atoms with Gasteiger partial charge in [0.05, 0.1) is 6.54 Å². The van der Waals surface area contributed by atoms with Crippen molar-refractivity contribution in [3.63, 3.8) is 0 Å². The van der Waals surface area contributed by atoms with Gasteiger partial charge in [-0.1, -0.05) is 0 Å². The number of imidazole rings is 1. The maximum atomic E-state index is 4.53. The van der Waals surface area contributed by atoms with Gasteiger partial charge < -0.3 is 4.57 Å². The monoisotopic (exact) mass is 330 g/mol. The third-order valence-electron chi connectivity index (χ3n) is 7.08. The van der Waals surface area contributed by atoms with Gasteiger partial charge in [0.25, 0.3) is 0 Å². The van der Waals surface area contributed by atoms with Crippen molar-refractivity contribution in [2.75, 3.05) is 19.6 Å². The lowest BCUT2D eigenvalue weighted by molar-refractivity contribution is -0.000827. The van der Waals surface area contributed by atoms with Gasteiger partial charge in [-0.3, -0.25) is 9.80 Å². The second kappa shape index (κ2) is 6.14. The van der Waals surface area contributed by atoms with E-state index in [0.29, 0.717) is 11.0 Å². The van der Waals surface area contributed by atoms with Crippen LogP contribution in [0.3, 0.4) is 0 Å². The summed E-state index contributed by atoms with van der Waals surface area (Å²) in [6.07, 6.45) is 12.6. The zero-order valence-corrected chi connectivity index (χ0v) is 15.8. The van der Waals surface area contributed by atoms with Gasteiger partial charge in [0, 0.05) is 37.1 Å². The molecule has 0 radical (unpaired) electrons. The SMILES string of the molecule is CC(C)(C)N1CCC2(CCC(N3CCn4ccnc4C3)CC2)CC1. The highest BCUT2D eigenvalue weighted by molar-refractivity contribution is 4.99. The van der Waals surface area contributed by atoms with E-state index >= 15 is 0 Å². The maximum Gasteiger partial charge on any atom is 0.122 e. The number of hydrogen-bond donors (Lipinski definition) is 0. The molecule has 1 aromatic heterocycles. The lowest BCUT2D eigenvalue weighted by atomic mass is 9.66. The van der Waals surface area contributed by atoms with Gasteiger partial charge in [0.1, 0.15) is 5.82 Å². The molecule has 2 aliphatic heterocycles. The second-order valence-electron chi connectivity index (χ2n) is 9.40. The van der Waals surface area contributed by atoms with Crippen molar-refractivity contribution in [3.8, 4) is 0 Å². The number of fused-ring (bicyclic) bond motifs is 1. The molecule has 1 aromatic rings. The van der Waals surface area contributed by atoms with E-state index in [2.05, 4.69) is 46.3 Å². The fourth-order valence-corrected chi connectivity index (χ4v) is 5.24. The zero-order chi connectivity index (χ0) is 16.8. The molecule has 24 heavy (non-hydrogen) atoms. The van der Waals surface area contributed by atoms with Crippen LogP contribution in [0.25, 0.3) is 0 Å². The fraction of sp³-hybridized carbons (Fsp3) is 0.850. The van der Waals surface area contributed by atoms with Crippen LogP contribution in [0.4, 0.5) is 0 Å². The fourth-order valence-electron chi connectivity index (χ4n) is 5.24. The highest BCUT2D eigenvalue weighted by atomic mass is 15.3. The highest BCUT2D eigenvalue weighted by Gasteiger charge is 2.41. The smallest absolute Gasteiger partial charge is 0.122 e. The van der Waals surface area contributed by atoms with Crippen LogP contribution in [0.5, 0.6) is 0 Å². The molecule has 0 N–H and O–H groups in total. The Labute approximate surface area is 147 Å². The lowest BCUT2D eigenvalue weighted by Gasteiger charge is -2.50. The van der Waals surface area contributed by atoms with Crippen molar-refractivity contribution in [1.82, 2.24) is 19.4 Å². The summed E-state index contributed by atoms with van der Waals surface area (Å²) in [7, 11) is 0. The quantitative estimate of drug-likeness (QED) is 0.787. The predicted octanol–water partition coefficient (Wildman–Crippen LogP) is 3.52. The normalized spacial score (nSPS) is 26.6. The van der Waals surface area contributed by atoms with E-state index in [1.165, 1.54) is 64.0 Å². The summed E-state index contributed by atoms with van der Waals surface area (Å²) < 4.78 is 2.32. The molecule has 1 aliphatic carbocycles. The third-order valence-corrected chi connectivity index (χ3v) is 7.08. The number of rotatable bonds is 1. The molecule has 2 fully saturated rings. The molecule has 4 nitrogen and oxygen atoms in total. The Kier molecular flexibility index (Phi) is 4.24. The summed E-state index contributed by atoms with van der Waals surface area (Å²) in [5.41, 5.74) is 1.00. The van der Waals surface area contributed by atoms with Crippen LogP contribution in [0.15, 0.2) is 12.4 Å². The average Bonchev–Trinajstić information content (AvgIpc) is 3.03. The van der Waals surface area contributed by atoms with Crippen molar-refractivity contribution in [1.29, 1.82) is 0 Å². The number of aromatic nitrogens is 2. The molecule has 1 saturated carbocycles. The summed E-state index contributed by atoms with van der Waals surface area (Å²) in [6, 6.07) is 0.793. The van der Waals surface area contributed by atoms with Crippen molar-refractivity contribution in [2.45, 2.75) is 84.0 Å². The first kappa shape index (κ1) is 16.6. The Bertz CT molecular complexity index is 552. The number of likely N-dealkylation sites (tertiary alicyclic amines) is 1. The summed E-state index contributed by atoms with van der Waals surface area (Å²) in [5, 5.41) is 0. The molecular weight excluding hydrogens is 296 g/mol. The predicted molar refractivity (Wildman–Crippen MR) is 97.9 cm³/mol. The van der Waals surface area contributed by atoms with Gasteiger partial charge >= 0.3 is 0 Å². The number of hydrogen-bond acceptors (Lipinski definition) is 3. The molecule has 0 aromatic carbocycles. The van der Waals surface area contributed by atoms with Crippen LogP contribution in [-0.4, -0.2) is 50.6 Å². The molecule has 1 spiro atoms. The average molecular weight is 331 g/mol. The van der Waals surface area contributed by atoms with E-state index in [1.807, 2.05) is 6.20 Å². The van der Waals surface area contributed by atoms with Gasteiger partial charge in [-0.25, -0.2) is 4.98 Å². The van der Waals surface area contributed by atoms with Crippen LogP contribution in [0.1, 0.15) is 65.1 Å². The highest BCUT2D eigenvalue weighted by Crippen LogP contribution is 2.46. The minimum absolute atomic E-state index is 0.342. The Morgan fingerprint density at radius 3 is 2.38 bits per heavy atom. The lowest BCUT2D eigenvalue weighted by Crippen LogP contribution is -2.51. The third kappa shape index (κ3) is 3.15. The summed E-state index contributed by atoms with van der Waals surface area (Å²) in [4.78, 5) is 9.93. The van der Waals surface area contributed by atoms with E-state index in [0.717, 1.165) is 19.1 Å².